The number of thiazole rings is 1. The average Bonchev–Trinajstić information content (AvgIpc) is 2.77. The third-order valence-electron chi connectivity index (χ3n) is 2.48. The van der Waals surface area contributed by atoms with Crippen molar-refractivity contribution >= 4 is 23.0 Å². The molecule has 0 bridgehead atoms. The molecule has 0 saturated heterocycles. The summed E-state index contributed by atoms with van der Waals surface area (Å²) in [5, 5.41) is 9.72. The molecule has 2 aromatic heterocycles. The summed E-state index contributed by atoms with van der Waals surface area (Å²) in [6.07, 6.45) is 0. The summed E-state index contributed by atoms with van der Waals surface area (Å²) in [4.78, 5) is 8.97. The van der Waals surface area contributed by atoms with Crippen LogP contribution in [0.3, 0.4) is 0 Å². The Labute approximate surface area is 111 Å². The molecule has 0 aliphatic heterocycles. The van der Waals surface area contributed by atoms with Crippen LogP contribution in [0.5, 0.6) is 0 Å². The summed E-state index contributed by atoms with van der Waals surface area (Å²) in [6, 6.07) is 6.10. The first kappa shape index (κ1) is 12.8. The molecule has 1 atom stereocenters. The van der Waals surface area contributed by atoms with Gasteiger partial charge in [-0.25, -0.2) is 9.97 Å². The predicted molar refractivity (Wildman–Crippen MR) is 77.3 cm³/mol. The van der Waals surface area contributed by atoms with Gasteiger partial charge in [-0.05, 0) is 32.9 Å². The number of hydrogen-bond acceptors (Lipinski definition) is 5. The van der Waals surface area contributed by atoms with Crippen LogP contribution in [0.25, 0.3) is 0 Å². The van der Waals surface area contributed by atoms with Crippen molar-refractivity contribution in [3.8, 4) is 0 Å². The van der Waals surface area contributed by atoms with Gasteiger partial charge < -0.3 is 10.6 Å². The molecule has 2 aromatic rings. The molecule has 2 rings (SSSR count). The molecule has 0 aromatic carbocycles. The van der Waals surface area contributed by atoms with Crippen LogP contribution in [0.15, 0.2) is 23.6 Å². The standard InChI is InChI=1S/C13H18N4S/c1-4-14-11-6-5-7-12(17-11)16-10(3)13-15-9(2)8-18-13/h5-8,10H,4H2,1-3H3,(H2,14,16,17). The van der Waals surface area contributed by atoms with Crippen LogP contribution in [-0.2, 0) is 0 Å². The maximum Gasteiger partial charge on any atom is 0.128 e. The fourth-order valence-corrected chi connectivity index (χ4v) is 2.45. The van der Waals surface area contributed by atoms with Crippen LogP contribution >= 0.6 is 11.3 Å². The Kier molecular flexibility index (Phi) is 4.15. The van der Waals surface area contributed by atoms with Crippen LogP contribution < -0.4 is 10.6 Å². The number of nitrogens with one attached hydrogen (secondary N) is 2. The van der Waals surface area contributed by atoms with Gasteiger partial charge in [-0.15, -0.1) is 11.3 Å². The Morgan fingerprint density at radius 3 is 2.72 bits per heavy atom. The molecule has 5 heteroatoms. The van der Waals surface area contributed by atoms with Crippen molar-refractivity contribution < 1.29 is 0 Å². The summed E-state index contributed by atoms with van der Waals surface area (Å²) in [6.45, 7) is 7.04. The van der Waals surface area contributed by atoms with Crippen molar-refractivity contribution in [3.63, 3.8) is 0 Å². The second-order valence-corrected chi connectivity index (χ2v) is 5.02. The second kappa shape index (κ2) is 5.82. The molecule has 0 aliphatic carbocycles. The molecule has 0 fully saturated rings. The fraction of sp³-hybridized carbons (Fsp3) is 0.385. The highest BCUT2D eigenvalue weighted by molar-refractivity contribution is 7.09. The fourth-order valence-electron chi connectivity index (χ4n) is 1.65. The quantitative estimate of drug-likeness (QED) is 0.866. The number of nitrogens with zero attached hydrogens (tertiary/aromatic N) is 2. The van der Waals surface area contributed by atoms with E-state index in [4.69, 9.17) is 0 Å². The number of rotatable bonds is 5. The highest BCUT2D eigenvalue weighted by Gasteiger charge is 2.09. The minimum Gasteiger partial charge on any atom is -0.370 e. The first-order chi connectivity index (χ1) is 8.69. The maximum atomic E-state index is 4.49. The van der Waals surface area contributed by atoms with Gasteiger partial charge in [0, 0.05) is 17.6 Å². The minimum atomic E-state index is 0.174. The van der Waals surface area contributed by atoms with Crippen molar-refractivity contribution in [1.29, 1.82) is 0 Å². The third kappa shape index (κ3) is 3.20. The van der Waals surface area contributed by atoms with E-state index in [-0.39, 0.29) is 6.04 Å². The van der Waals surface area contributed by atoms with Crippen LogP contribution in [0.2, 0.25) is 0 Å². The monoisotopic (exact) mass is 262 g/mol. The molecular weight excluding hydrogens is 244 g/mol. The molecule has 2 heterocycles. The van der Waals surface area contributed by atoms with Crippen LogP contribution in [0.1, 0.15) is 30.6 Å². The highest BCUT2D eigenvalue weighted by atomic mass is 32.1. The largest absolute Gasteiger partial charge is 0.370 e. The van der Waals surface area contributed by atoms with E-state index >= 15 is 0 Å². The molecule has 0 amide bonds. The van der Waals surface area contributed by atoms with E-state index in [1.807, 2.05) is 25.1 Å². The van der Waals surface area contributed by atoms with E-state index in [9.17, 15) is 0 Å². The van der Waals surface area contributed by atoms with Crippen molar-refractivity contribution in [2.24, 2.45) is 0 Å². The van der Waals surface area contributed by atoms with Crippen LogP contribution in [-0.4, -0.2) is 16.5 Å². The highest BCUT2D eigenvalue weighted by Crippen LogP contribution is 2.21. The van der Waals surface area contributed by atoms with Crippen LogP contribution in [0, 0.1) is 6.92 Å². The van der Waals surface area contributed by atoms with Gasteiger partial charge in [0.15, 0.2) is 0 Å². The van der Waals surface area contributed by atoms with E-state index in [1.54, 1.807) is 11.3 Å². The molecular formula is C13H18N4S. The Hall–Kier alpha value is -1.62. The zero-order chi connectivity index (χ0) is 13.0. The second-order valence-electron chi connectivity index (χ2n) is 4.13. The summed E-state index contributed by atoms with van der Waals surface area (Å²) in [5.41, 5.74) is 1.07. The van der Waals surface area contributed by atoms with Gasteiger partial charge in [-0.2, -0.15) is 0 Å². The average molecular weight is 262 g/mol. The molecule has 4 nitrogen and oxygen atoms in total. The lowest BCUT2D eigenvalue weighted by Gasteiger charge is -2.13. The minimum absolute atomic E-state index is 0.174. The van der Waals surface area contributed by atoms with Gasteiger partial charge in [-0.1, -0.05) is 6.07 Å². The molecule has 2 N–H and O–H groups in total. The predicted octanol–water partition coefficient (Wildman–Crippen LogP) is 3.45. The molecule has 0 radical (unpaired) electrons. The zero-order valence-electron chi connectivity index (χ0n) is 10.9. The van der Waals surface area contributed by atoms with Gasteiger partial charge in [0.25, 0.3) is 0 Å². The Morgan fingerprint density at radius 2 is 2.06 bits per heavy atom. The molecule has 1 unspecified atom stereocenters. The molecule has 18 heavy (non-hydrogen) atoms. The number of anilines is 2. The smallest absolute Gasteiger partial charge is 0.128 e. The molecule has 0 saturated carbocycles. The number of pyridine rings is 1. The lowest BCUT2D eigenvalue weighted by Crippen LogP contribution is -2.09. The number of aryl methyl sites for hydroxylation is 1. The SMILES string of the molecule is CCNc1cccc(NC(C)c2nc(C)cs2)n1. The van der Waals surface area contributed by atoms with E-state index in [0.717, 1.165) is 28.9 Å². The first-order valence-corrected chi connectivity index (χ1v) is 6.96. The third-order valence-corrected chi connectivity index (χ3v) is 3.62. The Bertz CT molecular complexity index is 509. The summed E-state index contributed by atoms with van der Waals surface area (Å²) in [5.74, 6) is 1.76. The van der Waals surface area contributed by atoms with Gasteiger partial charge in [0.2, 0.25) is 0 Å². The lowest BCUT2D eigenvalue weighted by atomic mass is 10.3. The molecule has 0 spiro atoms. The zero-order valence-corrected chi connectivity index (χ0v) is 11.7. The normalized spacial score (nSPS) is 12.2. The van der Waals surface area contributed by atoms with Crippen LogP contribution in [0.4, 0.5) is 11.6 Å². The van der Waals surface area contributed by atoms with Crippen molar-refractivity contribution in [1.82, 2.24) is 9.97 Å². The van der Waals surface area contributed by atoms with Crippen molar-refractivity contribution in [2.75, 3.05) is 17.2 Å². The summed E-state index contributed by atoms with van der Waals surface area (Å²) >= 11 is 1.67. The Balaban J connectivity index is 2.06. The lowest BCUT2D eigenvalue weighted by molar-refractivity contribution is 0.855. The summed E-state index contributed by atoms with van der Waals surface area (Å²) < 4.78 is 0. The van der Waals surface area contributed by atoms with Crippen molar-refractivity contribution in [3.05, 3.63) is 34.3 Å². The van der Waals surface area contributed by atoms with Crippen molar-refractivity contribution in [2.45, 2.75) is 26.8 Å². The Morgan fingerprint density at radius 1 is 1.28 bits per heavy atom. The number of aromatic nitrogens is 2. The molecule has 0 aliphatic rings. The van der Waals surface area contributed by atoms with Gasteiger partial charge >= 0.3 is 0 Å². The van der Waals surface area contributed by atoms with Gasteiger partial charge in [0.1, 0.15) is 16.6 Å². The topological polar surface area (TPSA) is 49.8 Å². The summed E-state index contributed by atoms with van der Waals surface area (Å²) in [7, 11) is 0. The van der Waals surface area contributed by atoms with E-state index in [0.29, 0.717) is 0 Å². The maximum absolute atomic E-state index is 4.49. The van der Waals surface area contributed by atoms with E-state index in [2.05, 4.69) is 39.8 Å². The number of hydrogen-bond donors (Lipinski definition) is 2. The van der Waals surface area contributed by atoms with E-state index < -0.39 is 0 Å². The van der Waals surface area contributed by atoms with Gasteiger partial charge in [-0.3, -0.25) is 0 Å². The molecule has 96 valence electrons. The first-order valence-electron chi connectivity index (χ1n) is 6.08. The van der Waals surface area contributed by atoms with E-state index in [1.165, 1.54) is 0 Å². The van der Waals surface area contributed by atoms with Gasteiger partial charge in [0.05, 0.1) is 6.04 Å².